The number of nitrogens with one attached hydrogen (secondary N) is 2. The zero-order valence-electron chi connectivity index (χ0n) is 18.7. The second-order valence-corrected chi connectivity index (χ2v) is 8.47. The molecule has 2 N–H and O–H groups in total. The van der Waals surface area contributed by atoms with Crippen LogP contribution in [0.4, 0.5) is 11.5 Å². The maximum Gasteiger partial charge on any atom is 0.251 e. The van der Waals surface area contributed by atoms with Gasteiger partial charge in [0.15, 0.2) is 5.82 Å². The molecule has 8 heteroatoms. The Balaban J connectivity index is 1.51. The minimum atomic E-state index is -0.164. The van der Waals surface area contributed by atoms with Gasteiger partial charge in [-0.3, -0.25) is 9.59 Å². The minimum Gasteiger partial charge on any atom is -0.349 e. The molecule has 3 heterocycles. The number of benzene rings is 1. The van der Waals surface area contributed by atoms with E-state index in [-0.39, 0.29) is 11.7 Å². The molecule has 1 aliphatic carbocycles. The Morgan fingerprint density at radius 3 is 2.67 bits per heavy atom. The maximum absolute atomic E-state index is 13.1. The molecule has 3 aromatic heterocycles. The van der Waals surface area contributed by atoms with Gasteiger partial charge in [-0.2, -0.15) is 5.10 Å². The van der Waals surface area contributed by atoms with E-state index in [0.29, 0.717) is 34.2 Å². The number of pyridine rings is 1. The Hall–Kier alpha value is -4.07. The molecular formula is C25H24N6O2. The molecule has 0 spiro atoms. The molecule has 33 heavy (non-hydrogen) atoms. The van der Waals surface area contributed by atoms with Crippen molar-refractivity contribution in [3.05, 3.63) is 82.6 Å². The van der Waals surface area contributed by atoms with Crippen molar-refractivity contribution in [1.82, 2.24) is 24.9 Å². The molecule has 0 bridgehead atoms. The number of anilines is 2. The average Bonchev–Trinajstić information content (AvgIpc) is 3.55. The first-order chi connectivity index (χ1) is 15.9. The second-order valence-electron chi connectivity index (χ2n) is 8.47. The highest BCUT2D eigenvalue weighted by molar-refractivity contribution is 6.10. The quantitative estimate of drug-likeness (QED) is 0.441. The lowest BCUT2D eigenvalue weighted by molar-refractivity contribution is 0.0950. The van der Waals surface area contributed by atoms with Crippen molar-refractivity contribution in [1.29, 1.82) is 0 Å². The number of carbonyl (C=O) groups excluding carboxylic acids is 2. The first-order valence-electron chi connectivity index (χ1n) is 10.9. The number of amides is 1. The fourth-order valence-electron chi connectivity index (χ4n) is 3.81. The van der Waals surface area contributed by atoms with Crippen molar-refractivity contribution >= 4 is 28.7 Å². The van der Waals surface area contributed by atoms with E-state index in [2.05, 4.69) is 25.7 Å². The van der Waals surface area contributed by atoms with E-state index in [9.17, 15) is 9.59 Å². The Bertz CT molecular complexity index is 1400. The molecule has 1 fully saturated rings. The molecule has 8 nitrogen and oxygen atoms in total. The molecule has 4 aromatic rings. The smallest absolute Gasteiger partial charge is 0.251 e. The van der Waals surface area contributed by atoms with Crippen LogP contribution in [0.25, 0.3) is 5.52 Å². The van der Waals surface area contributed by atoms with Crippen molar-refractivity contribution < 1.29 is 9.59 Å². The summed E-state index contributed by atoms with van der Waals surface area (Å²) in [7, 11) is 0. The van der Waals surface area contributed by atoms with Gasteiger partial charge in [0, 0.05) is 34.7 Å². The lowest BCUT2D eigenvalue weighted by Crippen LogP contribution is -2.25. The van der Waals surface area contributed by atoms with Gasteiger partial charge >= 0.3 is 0 Å². The highest BCUT2D eigenvalue weighted by Gasteiger charge is 2.24. The zero-order chi connectivity index (χ0) is 23.1. The number of hydrogen-bond acceptors (Lipinski definition) is 6. The third-order valence-electron chi connectivity index (χ3n) is 5.86. The summed E-state index contributed by atoms with van der Waals surface area (Å²) < 4.78 is 1.65. The van der Waals surface area contributed by atoms with Crippen LogP contribution in [0, 0.1) is 20.8 Å². The summed E-state index contributed by atoms with van der Waals surface area (Å²) in [5, 5.41) is 10.7. The van der Waals surface area contributed by atoms with Crippen LogP contribution in [0.5, 0.6) is 0 Å². The summed E-state index contributed by atoms with van der Waals surface area (Å²) in [5.74, 6) is 0.315. The van der Waals surface area contributed by atoms with Gasteiger partial charge in [0.2, 0.25) is 5.78 Å². The number of rotatable bonds is 6. The predicted octanol–water partition coefficient (Wildman–Crippen LogP) is 3.92. The minimum absolute atomic E-state index is 0.0780. The van der Waals surface area contributed by atoms with Crippen LogP contribution in [0.15, 0.2) is 48.9 Å². The van der Waals surface area contributed by atoms with Crippen LogP contribution in [0.3, 0.4) is 0 Å². The highest BCUT2D eigenvalue weighted by atomic mass is 16.1. The van der Waals surface area contributed by atoms with E-state index < -0.39 is 0 Å². The lowest BCUT2D eigenvalue weighted by Gasteiger charge is -2.12. The summed E-state index contributed by atoms with van der Waals surface area (Å²) in [5.41, 5.74) is 5.48. The van der Waals surface area contributed by atoms with Gasteiger partial charge in [0.05, 0.1) is 0 Å². The fourth-order valence-corrected chi connectivity index (χ4v) is 3.81. The molecule has 5 rings (SSSR count). The van der Waals surface area contributed by atoms with E-state index in [0.717, 1.165) is 35.3 Å². The van der Waals surface area contributed by atoms with Crippen LogP contribution in [-0.4, -0.2) is 37.3 Å². The monoisotopic (exact) mass is 440 g/mol. The predicted molar refractivity (Wildman–Crippen MR) is 125 cm³/mol. The van der Waals surface area contributed by atoms with Gasteiger partial charge in [-0.15, -0.1) is 0 Å². The van der Waals surface area contributed by atoms with Crippen LogP contribution in [-0.2, 0) is 0 Å². The normalized spacial score (nSPS) is 13.2. The van der Waals surface area contributed by atoms with Crippen molar-refractivity contribution in [2.45, 2.75) is 39.7 Å². The molecule has 0 unspecified atom stereocenters. The topological polar surface area (TPSA) is 101 Å². The molecule has 0 aliphatic heterocycles. The van der Waals surface area contributed by atoms with Crippen molar-refractivity contribution in [2.75, 3.05) is 5.32 Å². The van der Waals surface area contributed by atoms with Crippen LogP contribution < -0.4 is 10.6 Å². The Morgan fingerprint density at radius 1 is 1.09 bits per heavy atom. The van der Waals surface area contributed by atoms with Crippen molar-refractivity contribution in [3.8, 4) is 0 Å². The molecule has 1 aliphatic rings. The molecule has 1 saturated carbocycles. The van der Waals surface area contributed by atoms with E-state index in [1.807, 2.05) is 51.1 Å². The average molecular weight is 441 g/mol. The summed E-state index contributed by atoms with van der Waals surface area (Å²) in [4.78, 5) is 34.4. The summed E-state index contributed by atoms with van der Waals surface area (Å²) in [6.07, 6.45) is 5.21. The lowest BCUT2D eigenvalue weighted by atomic mass is 10.1. The fraction of sp³-hybridized carbons (Fsp3) is 0.240. The van der Waals surface area contributed by atoms with Gasteiger partial charge in [-0.25, -0.2) is 14.5 Å². The van der Waals surface area contributed by atoms with Gasteiger partial charge < -0.3 is 10.6 Å². The number of nitrogens with zero attached hydrogens (tertiary/aromatic N) is 4. The van der Waals surface area contributed by atoms with Crippen LogP contribution >= 0.6 is 0 Å². The molecular weight excluding hydrogens is 416 g/mol. The Labute approximate surface area is 191 Å². The highest BCUT2D eigenvalue weighted by Crippen LogP contribution is 2.28. The summed E-state index contributed by atoms with van der Waals surface area (Å²) in [6.45, 7) is 5.70. The number of aromatic nitrogens is 4. The molecule has 0 radical (unpaired) electrons. The van der Waals surface area contributed by atoms with E-state index in [1.165, 1.54) is 6.33 Å². The van der Waals surface area contributed by atoms with E-state index in [1.54, 1.807) is 16.8 Å². The maximum atomic E-state index is 13.1. The van der Waals surface area contributed by atoms with Crippen molar-refractivity contribution in [2.24, 2.45) is 0 Å². The second kappa shape index (κ2) is 8.12. The van der Waals surface area contributed by atoms with E-state index in [4.69, 9.17) is 0 Å². The third-order valence-corrected chi connectivity index (χ3v) is 5.86. The molecule has 0 atom stereocenters. The van der Waals surface area contributed by atoms with Crippen LogP contribution in [0.2, 0.25) is 0 Å². The first-order valence-corrected chi connectivity index (χ1v) is 10.9. The van der Waals surface area contributed by atoms with Gasteiger partial charge in [-0.1, -0.05) is 12.1 Å². The van der Waals surface area contributed by atoms with Crippen LogP contribution in [0.1, 0.15) is 56.1 Å². The number of fused-ring (bicyclic) bond motifs is 1. The Kier molecular flexibility index (Phi) is 5.12. The first kappa shape index (κ1) is 20.8. The summed E-state index contributed by atoms with van der Waals surface area (Å²) >= 11 is 0. The number of aryl methyl sites for hydroxylation is 3. The van der Waals surface area contributed by atoms with Gasteiger partial charge in [0.25, 0.3) is 5.91 Å². The standard InChI is InChI=1S/C25H24N6O2/c1-14-7-8-17(25(33)29-18-9-10-18)11-21(14)30-24-22-16(3)19(12-31(22)27-13-26-24)23(32)20-6-4-5-15(2)28-20/h4-8,11-13,18H,9-10H2,1-3H3,(H,29,33)(H,26,27,30). The van der Waals surface area contributed by atoms with Gasteiger partial charge in [-0.05, 0) is 69.0 Å². The largest absolute Gasteiger partial charge is 0.349 e. The van der Waals surface area contributed by atoms with Gasteiger partial charge in [0.1, 0.15) is 17.5 Å². The Morgan fingerprint density at radius 2 is 1.91 bits per heavy atom. The molecule has 1 amide bonds. The third kappa shape index (κ3) is 4.07. The molecule has 166 valence electrons. The van der Waals surface area contributed by atoms with E-state index >= 15 is 0 Å². The molecule has 0 saturated heterocycles. The number of hydrogen-bond donors (Lipinski definition) is 2. The zero-order valence-corrected chi connectivity index (χ0v) is 18.7. The SMILES string of the molecule is Cc1cccc(C(=O)c2cn3ncnc(Nc4cc(C(=O)NC5CC5)ccc4C)c3c2C)n1. The van der Waals surface area contributed by atoms with Crippen molar-refractivity contribution in [3.63, 3.8) is 0 Å². The molecule has 1 aromatic carbocycles. The number of carbonyl (C=O) groups is 2. The summed E-state index contributed by atoms with van der Waals surface area (Å²) in [6, 6.07) is 11.2. The number of ketones is 1.